The summed E-state index contributed by atoms with van der Waals surface area (Å²) in [5.41, 5.74) is -4.67. The number of unbranched alkanes of at least 4 members (excludes halogenated alkanes) is 10. The molecular formula is C47H68O11. The first-order chi connectivity index (χ1) is 27.5. The molecule has 0 spiro atoms. The summed E-state index contributed by atoms with van der Waals surface area (Å²) in [5, 5.41) is 35.7. The molecule has 0 radical (unpaired) electrons. The van der Waals surface area contributed by atoms with Crippen molar-refractivity contribution < 1.29 is 53.4 Å². The van der Waals surface area contributed by atoms with Crippen LogP contribution in [0.25, 0.3) is 0 Å². The van der Waals surface area contributed by atoms with Gasteiger partial charge in [-0.2, -0.15) is 0 Å². The number of esters is 3. The number of ether oxygens (including phenoxy) is 4. The largest absolute Gasteiger partial charge is 0.504 e. The van der Waals surface area contributed by atoms with Gasteiger partial charge in [-0.15, -0.1) is 0 Å². The number of phenolic OH excluding ortho intramolecular Hbond substituents is 1. The van der Waals surface area contributed by atoms with E-state index in [0.29, 0.717) is 29.6 Å². The Bertz CT molecular complexity index is 1730. The molecule has 11 heteroatoms. The van der Waals surface area contributed by atoms with E-state index in [1.54, 1.807) is 32.1 Å². The fraction of sp³-hybridized carbons (Fsp3) is 0.702. The van der Waals surface area contributed by atoms with Crippen LogP contribution < -0.4 is 4.74 Å². The topological polar surface area (TPSA) is 166 Å². The Morgan fingerprint density at radius 1 is 0.845 bits per heavy atom. The van der Waals surface area contributed by atoms with Crippen molar-refractivity contribution in [3.05, 3.63) is 47.1 Å². The number of phenols is 1. The maximum absolute atomic E-state index is 13.9. The lowest BCUT2D eigenvalue weighted by Gasteiger charge is -2.53. The fourth-order valence-corrected chi connectivity index (χ4v) is 10.6. The molecule has 2 saturated carbocycles. The normalized spacial score (nSPS) is 30.5. The highest BCUT2D eigenvalue weighted by molar-refractivity contribution is 6.05. The number of hydrogen-bond donors (Lipinski definition) is 3. The first kappa shape index (κ1) is 45.4. The maximum Gasteiger partial charge on any atom is 0.310 e. The number of aliphatic hydroxyl groups is 2. The van der Waals surface area contributed by atoms with Gasteiger partial charge < -0.3 is 34.3 Å². The first-order valence-electron chi connectivity index (χ1n) is 21.8. The molecule has 0 aliphatic heterocycles. The number of benzene rings is 1. The van der Waals surface area contributed by atoms with Crippen molar-refractivity contribution in [3.63, 3.8) is 0 Å². The predicted octanol–water partition coefficient (Wildman–Crippen LogP) is 8.04. The van der Waals surface area contributed by atoms with Crippen molar-refractivity contribution in [2.75, 3.05) is 13.7 Å². The van der Waals surface area contributed by atoms with Crippen LogP contribution in [0.4, 0.5) is 0 Å². The van der Waals surface area contributed by atoms with Crippen LogP contribution in [-0.4, -0.2) is 75.6 Å². The van der Waals surface area contributed by atoms with Gasteiger partial charge in [0.25, 0.3) is 0 Å². The van der Waals surface area contributed by atoms with Crippen LogP contribution in [0.15, 0.2) is 41.5 Å². The zero-order chi connectivity index (χ0) is 42.5. The second-order valence-corrected chi connectivity index (χ2v) is 18.0. The Hall–Kier alpha value is -3.70. The highest BCUT2D eigenvalue weighted by Gasteiger charge is 2.88. The summed E-state index contributed by atoms with van der Waals surface area (Å²) in [7, 11) is 1.41. The Morgan fingerprint density at radius 2 is 1.45 bits per heavy atom. The third-order valence-corrected chi connectivity index (χ3v) is 13.8. The van der Waals surface area contributed by atoms with Gasteiger partial charge in [0.2, 0.25) is 0 Å². The number of hydrogen-bond acceptors (Lipinski definition) is 11. The van der Waals surface area contributed by atoms with Crippen LogP contribution in [-0.2, 0) is 39.8 Å². The molecule has 322 valence electrons. The summed E-state index contributed by atoms with van der Waals surface area (Å²) in [5.74, 6) is -5.10. The van der Waals surface area contributed by atoms with Gasteiger partial charge in [0.05, 0.1) is 19.1 Å². The van der Waals surface area contributed by atoms with Gasteiger partial charge >= 0.3 is 17.9 Å². The number of rotatable bonds is 21. The van der Waals surface area contributed by atoms with Crippen LogP contribution in [0.2, 0.25) is 0 Å². The lowest BCUT2D eigenvalue weighted by atomic mass is 9.59. The SMILES string of the molecule is CCCCCCCCC(=O)O[C@@H]1[C@@H](C)[C@@]2(O)[C@@H](C=C(COC(=O)Cc3ccc(O)c(OC)c3)C[C@]3(O)C(=O)C(C)=C[C@@H]23)[C@@H]2C(C)(C)[C@]12OC(=O)CCCCCCCC. The number of carbonyl (C=O) groups excluding carboxylic acids is 4. The minimum Gasteiger partial charge on any atom is -0.504 e. The summed E-state index contributed by atoms with van der Waals surface area (Å²) in [6.45, 7) is 11.4. The second-order valence-electron chi connectivity index (χ2n) is 18.0. The summed E-state index contributed by atoms with van der Waals surface area (Å²) in [6, 6.07) is 4.57. The first-order valence-corrected chi connectivity index (χ1v) is 21.8. The Balaban J connectivity index is 1.47. The van der Waals surface area contributed by atoms with E-state index in [2.05, 4.69) is 13.8 Å². The van der Waals surface area contributed by atoms with Crippen molar-refractivity contribution in [2.24, 2.45) is 29.1 Å². The Morgan fingerprint density at radius 3 is 2.07 bits per heavy atom. The molecule has 8 atom stereocenters. The van der Waals surface area contributed by atoms with Crippen LogP contribution in [0.1, 0.15) is 143 Å². The lowest BCUT2D eigenvalue weighted by molar-refractivity contribution is -0.229. The molecule has 0 unspecified atom stereocenters. The Kier molecular flexibility index (Phi) is 14.6. The molecule has 11 nitrogen and oxygen atoms in total. The summed E-state index contributed by atoms with van der Waals surface area (Å²) < 4.78 is 23.9. The van der Waals surface area contributed by atoms with E-state index in [9.17, 15) is 34.5 Å². The van der Waals surface area contributed by atoms with Crippen molar-refractivity contribution in [1.29, 1.82) is 0 Å². The van der Waals surface area contributed by atoms with Crippen molar-refractivity contribution in [2.45, 2.75) is 167 Å². The van der Waals surface area contributed by atoms with E-state index in [0.717, 1.165) is 64.2 Å². The summed E-state index contributed by atoms with van der Waals surface area (Å²) >= 11 is 0. The molecule has 0 aromatic heterocycles. The Labute approximate surface area is 344 Å². The summed E-state index contributed by atoms with van der Waals surface area (Å²) in [4.78, 5) is 54.6. The minimum absolute atomic E-state index is 0.0627. The van der Waals surface area contributed by atoms with E-state index in [1.165, 1.54) is 13.2 Å². The number of fused-ring (bicyclic) bond motifs is 5. The molecule has 2 fully saturated rings. The maximum atomic E-state index is 13.9. The van der Waals surface area contributed by atoms with Gasteiger partial charge in [-0.3, -0.25) is 19.2 Å². The van der Waals surface area contributed by atoms with Gasteiger partial charge in [0.1, 0.15) is 18.3 Å². The molecule has 0 amide bonds. The molecule has 3 N–H and O–H groups in total. The molecule has 58 heavy (non-hydrogen) atoms. The van der Waals surface area contributed by atoms with Gasteiger partial charge in [-0.25, -0.2) is 0 Å². The number of Topliss-reactive ketones (excluding diaryl/α,β-unsaturated/α-hetero) is 1. The van der Waals surface area contributed by atoms with Gasteiger partial charge in [0, 0.05) is 48.3 Å². The van der Waals surface area contributed by atoms with E-state index in [-0.39, 0.29) is 49.8 Å². The van der Waals surface area contributed by atoms with E-state index >= 15 is 0 Å². The highest BCUT2D eigenvalue weighted by Crippen LogP contribution is 2.77. The van der Waals surface area contributed by atoms with Gasteiger partial charge in [-0.1, -0.05) is 117 Å². The molecule has 4 aliphatic carbocycles. The molecule has 5 rings (SSSR count). The molecule has 0 bridgehead atoms. The van der Waals surface area contributed by atoms with Crippen molar-refractivity contribution in [3.8, 4) is 11.5 Å². The molecule has 0 heterocycles. The van der Waals surface area contributed by atoms with Gasteiger partial charge in [0.15, 0.2) is 22.9 Å². The van der Waals surface area contributed by atoms with Crippen molar-refractivity contribution >= 4 is 23.7 Å². The van der Waals surface area contributed by atoms with E-state index in [4.69, 9.17) is 18.9 Å². The van der Waals surface area contributed by atoms with Crippen LogP contribution in [0.5, 0.6) is 11.5 Å². The predicted molar refractivity (Wildman–Crippen MR) is 219 cm³/mol. The highest BCUT2D eigenvalue weighted by atomic mass is 16.6. The van der Waals surface area contributed by atoms with Crippen LogP contribution in [0.3, 0.4) is 0 Å². The third kappa shape index (κ3) is 8.77. The average Bonchev–Trinajstić information content (AvgIpc) is 3.61. The quantitative estimate of drug-likeness (QED) is 0.0476. The van der Waals surface area contributed by atoms with Crippen molar-refractivity contribution in [1.82, 2.24) is 0 Å². The zero-order valence-electron chi connectivity index (χ0n) is 35.9. The monoisotopic (exact) mass is 808 g/mol. The fourth-order valence-electron chi connectivity index (χ4n) is 10.6. The number of ketones is 1. The molecule has 4 aliphatic rings. The summed E-state index contributed by atoms with van der Waals surface area (Å²) in [6.07, 6.45) is 14.4. The number of aromatic hydroxyl groups is 1. The van der Waals surface area contributed by atoms with E-state index < -0.39 is 69.7 Å². The molecular weight excluding hydrogens is 741 g/mol. The zero-order valence-corrected chi connectivity index (χ0v) is 35.9. The molecule has 1 aromatic carbocycles. The minimum atomic E-state index is -2.06. The lowest BCUT2D eigenvalue weighted by Crippen LogP contribution is -2.66. The third-order valence-electron chi connectivity index (χ3n) is 13.8. The van der Waals surface area contributed by atoms with Gasteiger partial charge in [-0.05, 0) is 48.6 Å². The molecule has 1 aromatic rings. The van der Waals surface area contributed by atoms with Crippen LogP contribution >= 0.6 is 0 Å². The second kappa shape index (κ2) is 18.7. The number of carbonyl (C=O) groups is 4. The van der Waals surface area contributed by atoms with E-state index in [1.807, 2.05) is 19.9 Å². The average molecular weight is 809 g/mol. The smallest absolute Gasteiger partial charge is 0.310 e. The molecule has 0 saturated heterocycles. The standard InChI is InChI=1S/C47H68O11/c1-8-10-12-14-16-18-20-38(49)57-43-31(4)46(54)34(41-44(5,6)47(41,43)58-39(50)21-19-17-15-13-11-9-2)25-33(28-45(53)37(46)24-30(3)42(45)52)29-56-40(51)27-32-22-23-35(48)36(26-32)55-7/h22-26,31,34,37,41,43,48,53-54H,8-21,27-29H2,1-7H3/t31-,34+,37-,41-,43-,45-,46-,47-/m1/s1. The van der Waals surface area contributed by atoms with Crippen LogP contribution in [0, 0.1) is 29.1 Å². The number of methoxy groups -OCH3 is 1.